The second-order valence-electron chi connectivity index (χ2n) is 10.1. The lowest BCUT2D eigenvalue weighted by atomic mass is 9.89. The van der Waals surface area contributed by atoms with Crippen molar-refractivity contribution in [1.29, 1.82) is 0 Å². The molecule has 222 valence electrons. The number of hydrogen-bond acceptors (Lipinski definition) is 10. The van der Waals surface area contributed by atoms with Crippen molar-refractivity contribution >= 4 is 28.9 Å². The van der Waals surface area contributed by atoms with Gasteiger partial charge in [0.25, 0.3) is 0 Å². The Morgan fingerprint density at radius 2 is 1.98 bits per heavy atom. The van der Waals surface area contributed by atoms with Crippen LogP contribution in [0.5, 0.6) is 5.75 Å². The molecule has 1 aromatic carbocycles. The first-order valence-corrected chi connectivity index (χ1v) is 13.3. The molecule has 14 heteroatoms. The maximum atomic E-state index is 14.9. The number of aliphatic hydroxyl groups is 1. The van der Waals surface area contributed by atoms with Gasteiger partial charge >= 0.3 is 6.09 Å². The number of carbonyl (C=O) groups is 1. The molecular formula is C28H32F2N8O4. The molecule has 1 aliphatic rings. The van der Waals surface area contributed by atoms with E-state index in [4.69, 9.17) is 20.3 Å². The van der Waals surface area contributed by atoms with E-state index in [1.165, 1.54) is 17.7 Å². The first kappa shape index (κ1) is 29.0. The molecule has 1 fully saturated rings. The summed E-state index contributed by atoms with van der Waals surface area (Å²) in [7, 11) is 3.03. The summed E-state index contributed by atoms with van der Waals surface area (Å²) in [6, 6.07) is 6.56. The van der Waals surface area contributed by atoms with E-state index in [-0.39, 0.29) is 48.2 Å². The molecule has 1 aliphatic heterocycles. The van der Waals surface area contributed by atoms with Crippen molar-refractivity contribution < 1.29 is 28.2 Å². The Morgan fingerprint density at radius 3 is 2.67 bits per heavy atom. The zero-order valence-corrected chi connectivity index (χ0v) is 23.4. The number of piperidine rings is 1. The van der Waals surface area contributed by atoms with Crippen LogP contribution in [0, 0.1) is 17.6 Å². The Bertz CT molecular complexity index is 1550. The van der Waals surface area contributed by atoms with Gasteiger partial charge in [-0.05, 0) is 24.1 Å². The number of pyridine rings is 1. The maximum absolute atomic E-state index is 14.9. The fourth-order valence-electron chi connectivity index (χ4n) is 5.47. The molecule has 5 rings (SSSR count). The largest absolute Gasteiger partial charge is 0.491 e. The summed E-state index contributed by atoms with van der Waals surface area (Å²) in [5.41, 5.74) is 8.31. The average Bonchev–Trinajstić information content (AvgIpc) is 3.37. The van der Waals surface area contributed by atoms with E-state index >= 15 is 0 Å². The van der Waals surface area contributed by atoms with Gasteiger partial charge in [-0.3, -0.25) is 4.98 Å². The van der Waals surface area contributed by atoms with Gasteiger partial charge in [0.05, 0.1) is 60.3 Å². The van der Waals surface area contributed by atoms with Crippen LogP contribution >= 0.6 is 0 Å². The Balaban J connectivity index is 1.42. The summed E-state index contributed by atoms with van der Waals surface area (Å²) in [4.78, 5) is 24.5. The fourth-order valence-corrected chi connectivity index (χ4v) is 5.47. The van der Waals surface area contributed by atoms with Crippen molar-refractivity contribution in [3.8, 4) is 17.0 Å². The fraction of sp³-hybridized carbons (Fsp3) is 0.357. The van der Waals surface area contributed by atoms with Crippen LogP contribution in [0.4, 0.5) is 30.9 Å². The molecule has 0 saturated carbocycles. The molecule has 4 aromatic rings. The van der Waals surface area contributed by atoms with Crippen LogP contribution in [-0.2, 0) is 4.74 Å². The van der Waals surface area contributed by atoms with Gasteiger partial charge in [0.1, 0.15) is 24.0 Å². The van der Waals surface area contributed by atoms with Crippen LogP contribution in [0.1, 0.15) is 6.92 Å². The van der Waals surface area contributed by atoms with Gasteiger partial charge in [0.2, 0.25) is 5.95 Å². The summed E-state index contributed by atoms with van der Waals surface area (Å²) in [5.74, 6) is -1.41. The third-order valence-electron chi connectivity index (χ3n) is 7.27. The first-order valence-electron chi connectivity index (χ1n) is 13.3. The second-order valence-corrected chi connectivity index (χ2v) is 10.1. The summed E-state index contributed by atoms with van der Waals surface area (Å²) in [6.07, 6.45) is 4.46. The van der Waals surface area contributed by atoms with E-state index in [2.05, 4.69) is 25.3 Å². The number of ether oxygens (including phenoxy) is 2. The van der Waals surface area contributed by atoms with Gasteiger partial charge in [-0.2, -0.15) is 9.61 Å². The highest BCUT2D eigenvalue weighted by Gasteiger charge is 2.38. The number of aromatic nitrogens is 4. The van der Waals surface area contributed by atoms with Crippen molar-refractivity contribution in [2.75, 3.05) is 50.7 Å². The minimum atomic E-state index is -0.856. The molecule has 0 aliphatic carbocycles. The summed E-state index contributed by atoms with van der Waals surface area (Å²) in [5, 5.41) is 16.6. The number of nitrogens with two attached hydrogens (primary N) is 1. The number of carbonyl (C=O) groups excluding carboxylic acids is 1. The Kier molecular flexibility index (Phi) is 8.36. The Labute approximate surface area is 240 Å². The predicted octanol–water partition coefficient (Wildman–Crippen LogP) is 3.03. The SMILES string of the molecule is COC(=O)N(C)[C@@H]1[C@H](N)CN(c2ccncc2Nc2ncc3ccc(-c4c(F)cc(OCCO)cc4F)nn23)C[C@@H]1C. The van der Waals surface area contributed by atoms with Crippen LogP contribution in [0.3, 0.4) is 0 Å². The van der Waals surface area contributed by atoms with Crippen LogP contribution in [0.15, 0.2) is 48.9 Å². The van der Waals surface area contributed by atoms with Gasteiger partial charge < -0.3 is 35.4 Å². The molecule has 4 heterocycles. The Hall–Kier alpha value is -4.56. The zero-order chi connectivity index (χ0) is 30.0. The van der Waals surface area contributed by atoms with Crippen LogP contribution in [0.25, 0.3) is 16.8 Å². The van der Waals surface area contributed by atoms with E-state index in [1.54, 1.807) is 36.6 Å². The summed E-state index contributed by atoms with van der Waals surface area (Å²) in [6.45, 7) is 2.74. The Morgan fingerprint density at radius 1 is 1.21 bits per heavy atom. The van der Waals surface area contributed by atoms with Gasteiger partial charge in [0.15, 0.2) is 0 Å². The van der Waals surface area contributed by atoms with Crippen molar-refractivity contribution in [3.05, 3.63) is 60.6 Å². The van der Waals surface area contributed by atoms with Crippen LogP contribution in [0.2, 0.25) is 0 Å². The lowest BCUT2D eigenvalue weighted by Gasteiger charge is -2.45. The number of halogens is 2. The maximum Gasteiger partial charge on any atom is 0.409 e. The molecule has 12 nitrogen and oxygen atoms in total. The monoisotopic (exact) mass is 582 g/mol. The van der Waals surface area contributed by atoms with Crippen molar-refractivity contribution in [1.82, 2.24) is 24.5 Å². The van der Waals surface area contributed by atoms with E-state index in [0.717, 1.165) is 17.8 Å². The molecule has 0 radical (unpaired) electrons. The van der Waals surface area contributed by atoms with Crippen molar-refractivity contribution in [3.63, 3.8) is 0 Å². The topological polar surface area (TPSA) is 143 Å². The van der Waals surface area contributed by atoms with Crippen LogP contribution in [-0.4, -0.2) is 88.2 Å². The number of anilines is 3. The third kappa shape index (κ3) is 5.63. The van der Waals surface area contributed by atoms with Gasteiger partial charge in [0, 0.05) is 44.5 Å². The molecule has 0 spiro atoms. The molecule has 4 N–H and O–H groups in total. The van der Waals surface area contributed by atoms with Crippen molar-refractivity contribution in [2.24, 2.45) is 11.7 Å². The highest BCUT2D eigenvalue weighted by molar-refractivity contribution is 5.74. The van der Waals surface area contributed by atoms with Crippen LogP contribution < -0.4 is 20.7 Å². The smallest absolute Gasteiger partial charge is 0.409 e. The molecule has 1 saturated heterocycles. The number of methoxy groups -OCH3 is 1. The summed E-state index contributed by atoms with van der Waals surface area (Å²) < 4.78 is 41.4. The number of amides is 1. The average molecular weight is 583 g/mol. The van der Waals surface area contributed by atoms with Gasteiger partial charge in [-0.1, -0.05) is 6.92 Å². The van der Waals surface area contributed by atoms with E-state index in [1.807, 2.05) is 13.0 Å². The molecule has 3 atom stereocenters. The highest BCUT2D eigenvalue weighted by Crippen LogP contribution is 2.33. The van der Waals surface area contributed by atoms with E-state index < -0.39 is 17.7 Å². The minimum absolute atomic E-state index is 0.0283. The number of rotatable bonds is 8. The number of aliphatic hydroxyl groups excluding tert-OH is 1. The summed E-state index contributed by atoms with van der Waals surface area (Å²) >= 11 is 0. The standard InChI is InChI=1S/C28H32F2N8O4/c1-16-14-37(15-21(31)26(16)36(2)28(40)41-3)24-6-7-32-13-23(24)34-27-33-12-17-4-5-22(35-38(17)27)25-19(29)10-18(11-20(25)30)42-9-8-39/h4-7,10-13,16,21,26,39H,8-9,14-15,31H2,1-3H3,(H,33,34)/t16-,21+,26-/m0/s1. The third-order valence-corrected chi connectivity index (χ3v) is 7.27. The number of hydrogen-bond donors (Lipinski definition) is 3. The van der Waals surface area contributed by atoms with E-state index in [9.17, 15) is 13.6 Å². The number of imidazole rings is 1. The number of nitrogens with one attached hydrogen (secondary N) is 1. The molecular weight excluding hydrogens is 550 g/mol. The molecule has 1 amide bonds. The minimum Gasteiger partial charge on any atom is -0.491 e. The lowest BCUT2D eigenvalue weighted by molar-refractivity contribution is 0.0906. The number of fused-ring (bicyclic) bond motifs is 1. The highest BCUT2D eigenvalue weighted by atomic mass is 19.1. The molecule has 42 heavy (non-hydrogen) atoms. The quantitative estimate of drug-likeness (QED) is 0.284. The number of nitrogens with zero attached hydrogens (tertiary/aromatic N) is 6. The van der Waals surface area contributed by atoms with Crippen molar-refractivity contribution in [2.45, 2.75) is 19.0 Å². The van der Waals surface area contributed by atoms with Gasteiger partial charge in [-0.15, -0.1) is 0 Å². The zero-order valence-electron chi connectivity index (χ0n) is 23.4. The normalized spacial score (nSPS) is 18.6. The van der Waals surface area contributed by atoms with E-state index in [0.29, 0.717) is 30.2 Å². The number of benzene rings is 1. The predicted molar refractivity (Wildman–Crippen MR) is 152 cm³/mol. The van der Waals surface area contributed by atoms with Gasteiger partial charge in [-0.25, -0.2) is 18.6 Å². The number of likely N-dealkylation sites (N-methyl/N-ethyl adjacent to an activating group) is 1. The first-order chi connectivity index (χ1) is 20.2. The second kappa shape index (κ2) is 12.1. The lowest BCUT2D eigenvalue weighted by Crippen LogP contribution is -2.62. The molecule has 0 unspecified atom stereocenters. The molecule has 0 bridgehead atoms. The molecule has 3 aromatic heterocycles.